The molecule has 0 bridgehead atoms. The molecule has 1 aromatic heterocycles. The zero-order chi connectivity index (χ0) is 14.8. The summed E-state index contributed by atoms with van der Waals surface area (Å²) in [5.41, 5.74) is 1.09. The Balaban J connectivity index is 1.98. The van der Waals surface area contributed by atoms with Gasteiger partial charge in [-0.25, -0.2) is 0 Å². The maximum atomic E-state index is 11.2. The van der Waals surface area contributed by atoms with Gasteiger partial charge in [0.25, 0.3) is 5.70 Å². The molecule has 21 heavy (non-hydrogen) atoms. The summed E-state index contributed by atoms with van der Waals surface area (Å²) in [5, 5.41) is 11.4. The molecule has 4 nitrogen and oxygen atoms in total. The van der Waals surface area contributed by atoms with Crippen molar-refractivity contribution in [1.29, 1.82) is 0 Å². The third kappa shape index (κ3) is 2.89. The van der Waals surface area contributed by atoms with E-state index in [4.69, 9.17) is 16.0 Å². The van der Waals surface area contributed by atoms with Crippen molar-refractivity contribution in [1.82, 2.24) is 0 Å². The number of hydrogen-bond donors (Lipinski definition) is 0. The van der Waals surface area contributed by atoms with E-state index in [1.54, 1.807) is 30.3 Å². The molecule has 6 heteroatoms. The second-order valence-electron chi connectivity index (χ2n) is 4.40. The van der Waals surface area contributed by atoms with E-state index in [-0.39, 0.29) is 10.6 Å². The number of nitro groups is 1. The average Bonchev–Trinajstić information content (AvgIpc) is 3.01. The molecule has 0 N–H and O–H groups in total. The van der Waals surface area contributed by atoms with Crippen LogP contribution in [0.25, 0.3) is 4.91 Å². The zero-order valence-corrected chi connectivity index (χ0v) is 12.3. The third-order valence-electron chi connectivity index (χ3n) is 3.06. The van der Waals surface area contributed by atoms with Crippen molar-refractivity contribution < 1.29 is 9.34 Å². The number of allylic oxidation sites excluding steroid dienone is 2. The Labute approximate surface area is 130 Å². The van der Waals surface area contributed by atoms with Crippen molar-refractivity contribution in [3.8, 4) is 0 Å². The maximum Gasteiger partial charge on any atom is 0.267 e. The Morgan fingerprint density at radius 3 is 2.57 bits per heavy atom. The number of rotatable bonds is 3. The summed E-state index contributed by atoms with van der Waals surface area (Å²) in [4.78, 5) is 11.8. The quantitative estimate of drug-likeness (QED) is 0.595. The van der Waals surface area contributed by atoms with E-state index in [1.807, 2.05) is 12.1 Å². The molecule has 0 saturated heterocycles. The van der Waals surface area contributed by atoms with Crippen LogP contribution in [-0.4, -0.2) is 4.92 Å². The summed E-state index contributed by atoms with van der Waals surface area (Å²) < 4.78 is 5.34. The van der Waals surface area contributed by atoms with Crippen LogP contribution in [0.2, 0.25) is 5.02 Å². The fraction of sp³-hybridized carbons (Fsp3) is 0.0667. The summed E-state index contributed by atoms with van der Waals surface area (Å²) in [7, 11) is 0. The summed E-state index contributed by atoms with van der Waals surface area (Å²) >= 11 is 7.28. The molecule has 0 fully saturated rings. The summed E-state index contributed by atoms with van der Waals surface area (Å²) in [6, 6.07) is 10.9. The van der Waals surface area contributed by atoms with E-state index in [1.165, 1.54) is 24.1 Å². The lowest BCUT2D eigenvalue weighted by Gasteiger charge is -2.17. The van der Waals surface area contributed by atoms with Crippen molar-refractivity contribution >= 4 is 28.3 Å². The maximum absolute atomic E-state index is 11.2. The van der Waals surface area contributed by atoms with Crippen molar-refractivity contribution in [2.75, 3.05) is 0 Å². The van der Waals surface area contributed by atoms with Crippen molar-refractivity contribution in [2.45, 2.75) is 5.25 Å². The predicted octanol–water partition coefficient (Wildman–Crippen LogP) is 4.92. The molecule has 0 spiro atoms. The van der Waals surface area contributed by atoms with Gasteiger partial charge in [0.05, 0.1) is 11.2 Å². The van der Waals surface area contributed by atoms with E-state index < -0.39 is 5.25 Å². The van der Waals surface area contributed by atoms with E-state index in [2.05, 4.69) is 0 Å². The minimum absolute atomic E-state index is 0.118. The van der Waals surface area contributed by atoms with Gasteiger partial charge in [-0.15, -0.1) is 11.8 Å². The molecule has 106 valence electrons. The first-order valence-corrected chi connectivity index (χ1v) is 7.43. The van der Waals surface area contributed by atoms with Crippen molar-refractivity contribution in [3.63, 3.8) is 0 Å². The second kappa shape index (κ2) is 5.79. The van der Waals surface area contributed by atoms with Crippen molar-refractivity contribution in [2.24, 2.45) is 0 Å². The summed E-state index contributed by atoms with van der Waals surface area (Å²) in [5.74, 6) is 0.572. The van der Waals surface area contributed by atoms with Crippen LogP contribution in [-0.2, 0) is 0 Å². The number of hydrogen-bond acceptors (Lipinski definition) is 4. The van der Waals surface area contributed by atoms with Gasteiger partial charge in [-0.1, -0.05) is 23.7 Å². The number of nitrogens with zero attached hydrogens (tertiary/aromatic N) is 1. The number of furan rings is 1. The lowest BCUT2D eigenvalue weighted by atomic mass is 10.1. The molecule has 0 saturated carbocycles. The number of halogens is 1. The zero-order valence-electron chi connectivity index (χ0n) is 10.7. The van der Waals surface area contributed by atoms with Gasteiger partial charge in [0.1, 0.15) is 5.76 Å². The van der Waals surface area contributed by atoms with Crippen LogP contribution in [0.1, 0.15) is 16.6 Å². The molecule has 2 heterocycles. The fourth-order valence-electron chi connectivity index (χ4n) is 2.05. The highest BCUT2D eigenvalue weighted by atomic mass is 35.5. The molecular weight excluding hydrogens is 310 g/mol. The first-order valence-electron chi connectivity index (χ1n) is 6.17. The molecule has 1 aliphatic rings. The van der Waals surface area contributed by atoms with Crippen LogP contribution in [0.3, 0.4) is 0 Å². The molecule has 1 aliphatic heterocycles. The van der Waals surface area contributed by atoms with E-state index in [0.717, 1.165) is 10.5 Å². The lowest BCUT2D eigenvalue weighted by molar-refractivity contribution is -0.427. The molecule has 2 aromatic rings. The number of thioether (sulfide) groups is 1. The van der Waals surface area contributed by atoms with Gasteiger partial charge in [0.15, 0.2) is 5.25 Å². The van der Waals surface area contributed by atoms with Gasteiger partial charge in [-0.3, -0.25) is 10.1 Å². The average molecular weight is 320 g/mol. The first-order chi connectivity index (χ1) is 10.1. The predicted molar refractivity (Wildman–Crippen MR) is 83.5 cm³/mol. The Morgan fingerprint density at radius 1 is 1.19 bits per heavy atom. The molecule has 0 aliphatic carbocycles. The SMILES string of the molecule is O=[N+]([O-])C1=CC=C(c2ccc(Cl)cc2)SC1c1ccco1. The molecular formula is C15H10ClNO3S. The van der Waals surface area contributed by atoms with Crippen LogP contribution >= 0.6 is 23.4 Å². The fourth-order valence-corrected chi connectivity index (χ4v) is 3.39. The number of benzene rings is 1. The van der Waals surface area contributed by atoms with Gasteiger partial charge in [0.2, 0.25) is 0 Å². The largest absolute Gasteiger partial charge is 0.468 e. The van der Waals surface area contributed by atoms with E-state index in [0.29, 0.717) is 10.8 Å². The highest BCUT2D eigenvalue weighted by molar-refractivity contribution is 8.08. The monoisotopic (exact) mass is 319 g/mol. The molecule has 1 aromatic carbocycles. The van der Waals surface area contributed by atoms with Crippen LogP contribution in [0.4, 0.5) is 0 Å². The molecule has 3 rings (SSSR count). The van der Waals surface area contributed by atoms with Crippen molar-refractivity contribution in [3.05, 3.63) is 87.0 Å². The van der Waals surface area contributed by atoms with Crippen LogP contribution in [0, 0.1) is 10.1 Å². The summed E-state index contributed by atoms with van der Waals surface area (Å²) in [6.45, 7) is 0. The molecule has 1 unspecified atom stereocenters. The van der Waals surface area contributed by atoms with Gasteiger partial charge in [-0.2, -0.15) is 0 Å². The Hall–Kier alpha value is -1.98. The molecule has 1 atom stereocenters. The van der Waals surface area contributed by atoms with Gasteiger partial charge < -0.3 is 4.42 Å². The topological polar surface area (TPSA) is 56.3 Å². The van der Waals surface area contributed by atoms with Gasteiger partial charge in [-0.05, 0) is 35.9 Å². The Morgan fingerprint density at radius 2 is 1.95 bits per heavy atom. The van der Waals surface area contributed by atoms with Crippen LogP contribution < -0.4 is 0 Å². The standard InChI is InChI=1S/C15H10ClNO3S/c16-11-5-3-10(4-6-11)14-8-7-12(17(18)19)15(21-14)13-2-1-9-20-13/h1-9,15H. The van der Waals surface area contributed by atoms with E-state index >= 15 is 0 Å². The van der Waals surface area contributed by atoms with E-state index in [9.17, 15) is 10.1 Å². The highest BCUT2D eigenvalue weighted by Gasteiger charge is 2.33. The van der Waals surface area contributed by atoms with Crippen LogP contribution in [0.5, 0.6) is 0 Å². The van der Waals surface area contributed by atoms with Crippen LogP contribution in [0.15, 0.2) is 64.9 Å². The molecule has 0 radical (unpaired) electrons. The third-order valence-corrected chi connectivity index (χ3v) is 4.65. The minimum Gasteiger partial charge on any atom is -0.468 e. The molecule has 0 amide bonds. The normalized spacial score (nSPS) is 18.0. The Bertz CT molecular complexity index is 720. The highest BCUT2D eigenvalue weighted by Crippen LogP contribution is 2.47. The lowest BCUT2D eigenvalue weighted by Crippen LogP contribution is -2.09. The van der Waals surface area contributed by atoms with Gasteiger partial charge in [0, 0.05) is 16.0 Å². The smallest absolute Gasteiger partial charge is 0.267 e. The first kappa shape index (κ1) is 14.0. The Kier molecular flexibility index (Phi) is 3.86. The second-order valence-corrected chi connectivity index (χ2v) is 5.98. The minimum atomic E-state index is -0.453. The van der Waals surface area contributed by atoms with Gasteiger partial charge >= 0.3 is 0 Å². The summed E-state index contributed by atoms with van der Waals surface area (Å²) in [6.07, 6.45) is 4.81.